The zero-order valence-corrected chi connectivity index (χ0v) is 18.0. The number of methoxy groups -OCH3 is 1. The van der Waals surface area contributed by atoms with Crippen LogP contribution in [0.15, 0.2) is 47.4 Å². The molecule has 1 heterocycles. The van der Waals surface area contributed by atoms with Gasteiger partial charge in [-0.3, -0.25) is 4.79 Å². The summed E-state index contributed by atoms with van der Waals surface area (Å²) < 4.78 is 32.9. The van der Waals surface area contributed by atoms with Crippen molar-refractivity contribution in [3.8, 4) is 5.75 Å². The van der Waals surface area contributed by atoms with Crippen LogP contribution in [0.25, 0.3) is 0 Å². The van der Waals surface area contributed by atoms with E-state index in [9.17, 15) is 13.2 Å². The van der Waals surface area contributed by atoms with Crippen molar-refractivity contribution in [3.05, 3.63) is 59.2 Å². The van der Waals surface area contributed by atoms with Crippen LogP contribution in [0.4, 0.5) is 0 Å². The summed E-state index contributed by atoms with van der Waals surface area (Å²) in [6, 6.07) is 13.2. The molecule has 0 bridgehead atoms. The number of carbonyl (C=O) groups excluding carboxylic acids is 1. The molecule has 0 aromatic heterocycles. The van der Waals surface area contributed by atoms with Gasteiger partial charge in [-0.1, -0.05) is 35.9 Å². The molecule has 6 nitrogen and oxygen atoms in total. The van der Waals surface area contributed by atoms with Gasteiger partial charge in [-0.2, -0.15) is 4.31 Å². The lowest BCUT2D eigenvalue weighted by Crippen LogP contribution is -2.42. The van der Waals surface area contributed by atoms with E-state index in [0.717, 1.165) is 11.1 Å². The number of ether oxygens (including phenoxy) is 1. The van der Waals surface area contributed by atoms with E-state index in [1.54, 1.807) is 12.1 Å². The Morgan fingerprint density at radius 2 is 1.69 bits per heavy atom. The Morgan fingerprint density at radius 1 is 1.07 bits per heavy atom. The Kier molecular flexibility index (Phi) is 6.59. The molecule has 1 aliphatic rings. The molecule has 1 aliphatic heterocycles. The number of nitrogens with zero attached hydrogens (tertiary/aromatic N) is 1. The molecule has 0 aliphatic carbocycles. The van der Waals surface area contributed by atoms with Crippen LogP contribution in [0.2, 0.25) is 0 Å². The van der Waals surface area contributed by atoms with Crippen molar-refractivity contribution in [2.75, 3.05) is 20.2 Å². The molecule has 29 heavy (non-hydrogen) atoms. The summed E-state index contributed by atoms with van der Waals surface area (Å²) in [6.07, 6.45) is 1.01. The van der Waals surface area contributed by atoms with Crippen molar-refractivity contribution in [1.82, 2.24) is 9.62 Å². The minimum absolute atomic E-state index is 0.0178. The van der Waals surface area contributed by atoms with Crippen LogP contribution >= 0.6 is 0 Å². The van der Waals surface area contributed by atoms with E-state index in [1.165, 1.54) is 17.0 Å². The molecule has 0 unspecified atom stereocenters. The van der Waals surface area contributed by atoms with Gasteiger partial charge in [-0.25, -0.2) is 8.42 Å². The van der Waals surface area contributed by atoms with Gasteiger partial charge in [0.15, 0.2) is 0 Å². The maximum Gasteiger partial charge on any atom is 0.246 e. The normalized spacial score (nSPS) is 15.8. The number of hydrogen-bond acceptors (Lipinski definition) is 4. The first kappa shape index (κ1) is 21.3. The largest absolute Gasteiger partial charge is 0.495 e. The SMILES string of the molecule is COc1ccc(C)cc1S(=O)(=O)N1CCC(C(=O)NCc2ccc(C)cc2)CC1. The number of carbonyl (C=O) groups is 1. The predicted molar refractivity (Wildman–Crippen MR) is 112 cm³/mol. The first-order valence-electron chi connectivity index (χ1n) is 9.79. The van der Waals surface area contributed by atoms with Gasteiger partial charge in [-0.05, 0) is 49.9 Å². The second-order valence-electron chi connectivity index (χ2n) is 7.54. The molecular weight excluding hydrogens is 388 g/mol. The van der Waals surface area contributed by atoms with Crippen molar-refractivity contribution >= 4 is 15.9 Å². The minimum atomic E-state index is -3.66. The molecule has 0 spiro atoms. The van der Waals surface area contributed by atoms with Crippen molar-refractivity contribution in [2.24, 2.45) is 5.92 Å². The molecule has 3 rings (SSSR count). The van der Waals surface area contributed by atoms with Crippen molar-refractivity contribution in [3.63, 3.8) is 0 Å². The first-order chi connectivity index (χ1) is 13.8. The van der Waals surface area contributed by atoms with Crippen molar-refractivity contribution in [1.29, 1.82) is 0 Å². The molecule has 0 radical (unpaired) electrons. The quantitative estimate of drug-likeness (QED) is 0.785. The molecule has 156 valence electrons. The maximum absolute atomic E-state index is 13.1. The standard InChI is InChI=1S/C22H28N2O4S/c1-16-4-7-18(8-5-16)15-23-22(25)19-10-12-24(13-11-19)29(26,27)21-14-17(2)6-9-20(21)28-3/h4-9,14,19H,10-13,15H2,1-3H3,(H,23,25). The Balaban J connectivity index is 1.60. The van der Waals surface area contributed by atoms with E-state index in [2.05, 4.69) is 5.32 Å². The highest BCUT2D eigenvalue weighted by Crippen LogP contribution is 2.30. The molecule has 0 saturated carbocycles. The van der Waals surface area contributed by atoms with Gasteiger partial charge < -0.3 is 10.1 Å². The summed E-state index contributed by atoms with van der Waals surface area (Å²) in [5.41, 5.74) is 3.09. The van der Waals surface area contributed by atoms with E-state index >= 15 is 0 Å². The lowest BCUT2D eigenvalue weighted by atomic mass is 9.97. The highest BCUT2D eigenvalue weighted by atomic mass is 32.2. The zero-order valence-electron chi connectivity index (χ0n) is 17.1. The number of hydrogen-bond donors (Lipinski definition) is 1. The van der Waals surface area contributed by atoms with E-state index < -0.39 is 10.0 Å². The molecular formula is C22H28N2O4S. The lowest BCUT2D eigenvalue weighted by Gasteiger charge is -2.31. The second kappa shape index (κ2) is 8.97. The number of amides is 1. The van der Waals surface area contributed by atoms with Gasteiger partial charge in [0.1, 0.15) is 10.6 Å². The summed E-state index contributed by atoms with van der Waals surface area (Å²) in [4.78, 5) is 12.7. The minimum Gasteiger partial charge on any atom is -0.495 e. The third-order valence-corrected chi connectivity index (χ3v) is 7.27. The van der Waals surface area contributed by atoms with Gasteiger partial charge in [-0.15, -0.1) is 0 Å². The first-order valence-corrected chi connectivity index (χ1v) is 11.2. The van der Waals surface area contributed by atoms with Crippen LogP contribution in [0.1, 0.15) is 29.5 Å². The summed E-state index contributed by atoms with van der Waals surface area (Å²) in [7, 11) is -2.19. The molecule has 0 atom stereocenters. The van der Waals surface area contributed by atoms with Crippen LogP contribution in [0.3, 0.4) is 0 Å². The fourth-order valence-electron chi connectivity index (χ4n) is 3.52. The van der Waals surface area contributed by atoms with E-state index in [-0.39, 0.29) is 16.7 Å². The highest BCUT2D eigenvalue weighted by Gasteiger charge is 2.33. The van der Waals surface area contributed by atoms with Gasteiger partial charge in [0.05, 0.1) is 7.11 Å². The van der Waals surface area contributed by atoms with Crippen molar-refractivity contribution < 1.29 is 17.9 Å². The fourth-order valence-corrected chi connectivity index (χ4v) is 5.23. The molecule has 1 N–H and O–H groups in total. The second-order valence-corrected chi connectivity index (χ2v) is 9.44. The van der Waals surface area contributed by atoms with Crippen LogP contribution in [-0.2, 0) is 21.4 Å². The number of piperidine rings is 1. The van der Waals surface area contributed by atoms with Gasteiger partial charge in [0.25, 0.3) is 0 Å². The smallest absolute Gasteiger partial charge is 0.246 e. The molecule has 2 aromatic rings. The number of benzene rings is 2. The summed E-state index contributed by atoms with van der Waals surface area (Å²) in [5, 5.41) is 2.97. The lowest BCUT2D eigenvalue weighted by molar-refractivity contribution is -0.126. The van der Waals surface area contributed by atoms with E-state index in [4.69, 9.17) is 4.74 Å². The van der Waals surface area contributed by atoms with Crippen LogP contribution in [-0.4, -0.2) is 38.8 Å². The Labute approximate surface area is 172 Å². The monoisotopic (exact) mass is 416 g/mol. The number of rotatable bonds is 6. The van der Waals surface area contributed by atoms with Crippen molar-refractivity contribution in [2.45, 2.75) is 38.1 Å². The third-order valence-electron chi connectivity index (χ3n) is 5.35. The Morgan fingerprint density at radius 3 is 2.31 bits per heavy atom. The Hall–Kier alpha value is -2.38. The topological polar surface area (TPSA) is 75.7 Å². The van der Waals surface area contributed by atoms with E-state index in [0.29, 0.717) is 38.2 Å². The molecule has 1 saturated heterocycles. The third kappa shape index (κ3) is 4.97. The van der Waals surface area contributed by atoms with Gasteiger partial charge >= 0.3 is 0 Å². The fraction of sp³-hybridized carbons (Fsp3) is 0.409. The Bertz CT molecular complexity index is 963. The van der Waals surface area contributed by atoms with Gasteiger partial charge in [0, 0.05) is 25.6 Å². The number of sulfonamides is 1. The molecule has 7 heteroatoms. The van der Waals surface area contributed by atoms with Gasteiger partial charge in [0.2, 0.25) is 15.9 Å². The molecule has 1 fully saturated rings. The van der Waals surface area contributed by atoms with Crippen LogP contribution < -0.4 is 10.1 Å². The predicted octanol–water partition coefficient (Wildman–Crippen LogP) is 3.03. The van der Waals surface area contributed by atoms with Crippen LogP contribution in [0.5, 0.6) is 5.75 Å². The number of aryl methyl sites for hydroxylation is 2. The van der Waals surface area contributed by atoms with E-state index in [1.807, 2.05) is 44.2 Å². The average Bonchev–Trinajstić information content (AvgIpc) is 2.73. The molecule has 2 aromatic carbocycles. The average molecular weight is 417 g/mol. The summed E-state index contributed by atoms with van der Waals surface area (Å²) >= 11 is 0. The maximum atomic E-state index is 13.1. The zero-order chi connectivity index (χ0) is 21.0. The molecule has 1 amide bonds. The van der Waals surface area contributed by atoms with Crippen LogP contribution in [0, 0.1) is 19.8 Å². The number of nitrogens with one attached hydrogen (secondary N) is 1. The summed E-state index contributed by atoms with van der Waals surface area (Å²) in [5.74, 6) is 0.149. The highest BCUT2D eigenvalue weighted by molar-refractivity contribution is 7.89. The summed E-state index contributed by atoms with van der Waals surface area (Å²) in [6.45, 7) is 5.00.